The van der Waals surface area contributed by atoms with Crippen molar-refractivity contribution in [2.45, 2.75) is 12.7 Å². The van der Waals surface area contributed by atoms with Crippen LogP contribution in [-0.2, 0) is 6.54 Å². The van der Waals surface area contributed by atoms with Gasteiger partial charge >= 0.3 is 0 Å². The van der Waals surface area contributed by atoms with Gasteiger partial charge in [-0.3, -0.25) is 9.78 Å². The molecule has 0 saturated heterocycles. The van der Waals surface area contributed by atoms with Crippen LogP contribution in [-0.4, -0.2) is 20.8 Å². The van der Waals surface area contributed by atoms with E-state index in [0.717, 1.165) is 16.7 Å². The van der Waals surface area contributed by atoms with Crippen molar-refractivity contribution in [2.75, 3.05) is 5.32 Å². The van der Waals surface area contributed by atoms with Crippen LogP contribution in [0.25, 0.3) is 11.0 Å². The molecular weight excluding hydrogens is 340 g/mol. The van der Waals surface area contributed by atoms with E-state index < -0.39 is 6.17 Å². The van der Waals surface area contributed by atoms with Gasteiger partial charge < -0.3 is 14.6 Å². The minimum absolute atomic E-state index is 0.0688. The number of hydrogen-bond acceptors (Lipinski definition) is 5. The predicted molar refractivity (Wildman–Crippen MR) is 101 cm³/mol. The first-order chi connectivity index (χ1) is 13.3. The fourth-order valence-corrected chi connectivity index (χ4v) is 3.36. The second-order valence-electron chi connectivity index (χ2n) is 6.39. The third kappa shape index (κ3) is 2.71. The van der Waals surface area contributed by atoms with Crippen molar-refractivity contribution < 1.29 is 9.21 Å². The van der Waals surface area contributed by atoms with E-state index in [4.69, 9.17) is 9.40 Å². The number of carbonyl (C=O) groups is 1. The van der Waals surface area contributed by atoms with E-state index in [1.807, 2.05) is 60.7 Å². The molecule has 132 valence electrons. The molecule has 2 aromatic heterocycles. The largest absolute Gasteiger partial charge is 0.467 e. The molecule has 2 aromatic carbocycles. The molecule has 0 radical (unpaired) electrons. The Balaban J connectivity index is 1.61. The molecule has 1 N–H and O–H groups in total. The monoisotopic (exact) mass is 356 g/mol. The molecule has 1 atom stereocenters. The molecule has 1 amide bonds. The first-order valence-electron chi connectivity index (χ1n) is 8.70. The van der Waals surface area contributed by atoms with E-state index in [1.54, 1.807) is 17.4 Å². The van der Waals surface area contributed by atoms with E-state index in [2.05, 4.69) is 10.3 Å². The van der Waals surface area contributed by atoms with Crippen LogP contribution in [0.4, 0.5) is 5.69 Å². The minimum Gasteiger partial charge on any atom is -0.467 e. The summed E-state index contributed by atoms with van der Waals surface area (Å²) in [5.74, 6) is 0.643. The maximum Gasteiger partial charge on any atom is 0.258 e. The number of hydrogen-bond donors (Lipinski definition) is 1. The number of furan rings is 1. The topological polar surface area (TPSA) is 71.3 Å². The van der Waals surface area contributed by atoms with Crippen molar-refractivity contribution in [2.24, 2.45) is 0 Å². The number of anilines is 1. The molecule has 0 saturated carbocycles. The summed E-state index contributed by atoms with van der Waals surface area (Å²) < 4.78 is 5.47. The maximum absolute atomic E-state index is 13.2. The van der Waals surface area contributed by atoms with Gasteiger partial charge in [0.1, 0.15) is 17.6 Å². The number of carbonyl (C=O) groups excluding carboxylic acids is 1. The first-order valence-corrected chi connectivity index (χ1v) is 8.70. The third-order valence-corrected chi connectivity index (χ3v) is 4.68. The Morgan fingerprint density at radius 1 is 1.00 bits per heavy atom. The molecule has 0 aliphatic carbocycles. The zero-order valence-corrected chi connectivity index (χ0v) is 14.4. The van der Waals surface area contributed by atoms with E-state index in [9.17, 15) is 4.79 Å². The van der Waals surface area contributed by atoms with E-state index in [0.29, 0.717) is 23.6 Å². The molecular formula is C21H16N4O2. The summed E-state index contributed by atoms with van der Waals surface area (Å²) in [6.45, 7) is 0.340. The summed E-state index contributed by atoms with van der Waals surface area (Å²) in [5.41, 5.74) is 3.72. The van der Waals surface area contributed by atoms with Gasteiger partial charge in [0.2, 0.25) is 0 Å². The fourth-order valence-electron chi connectivity index (χ4n) is 3.36. The van der Waals surface area contributed by atoms with E-state index in [1.165, 1.54) is 0 Å². The van der Waals surface area contributed by atoms with E-state index >= 15 is 0 Å². The molecule has 0 spiro atoms. The number of benzene rings is 2. The van der Waals surface area contributed by atoms with Gasteiger partial charge in [0.15, 0.2) is 0 Å². The molecule has 5 rings (SSSR count). The number of amides is 1. The highest BCUT2D eigenvalue weighted by atomic mass is 16.3. The molecule has 4 aromatic rings. The number of aromatic nitrogens is 2. The lowest BCUT2D eigenvalue weighted by molar-refractivity contribution is 0.0647. The van der Waals surface area contributed by atoms with Crippen LogP contribution in [0.1, 0.15) is 28.0 Å². The minimum atomic E-state index is -0.436. The number of nitrogens with one attached hydrogen (secondary N) is 1. The first kappa shape index (κ1) is 15.6. The number of fused-ring (bicyclic) bond motifs is 2. The maximum atomic E-state index is 13.2. The normalized spacial score (nSPS) is 16.2. The van der Waals surface area contributed by atoms with Crippen LogP contribution in [0.15, 0.2) is 77.5 Å². The van der Waals surface area contributed by atoms with Crippen molar-refractivity contribution in [3.8, 4) is 0 Å². The molecule has 6 heteroatoms. The Hall–Kier alpha value is -3.67. The Labute approximate surface area is 155 Å². The fraction of sp³-hybridized carbons (Fsp3) is 0.0952. The van der Waals surface area contributed by atoms with Crippen molar-refractivity contribution in [3.05, 3.63) is 90.1 Å². The molecule has 27 heavy (non-hydrogen) atoms. The van der Waals surface area contributed by atoms with Crippen LogP contribution in [0.3, 0.4) is 0 Å². The Bertz CT molecular complexity index is 1120. The van der Waals surface area contributed by atoms with Gasteiger partial charge in [-0.1, -0.05) is 24.3 Å². The Morgan fingerprint density at radius 3 is 2.67 bits per heavy atom. The van der Waals surface area contributed by atoms with Gasteiger partial charge in [0.05, 0.1) is 35.6 Å². The summed E-state index contributed by atoms with van der Waals surface area (Å²) in [4.78, 5) is 24.1. The summed E-state index contributed by atoms with van der Waals surface area (Å²) in [6, 6.07) is 18.9. The lowest BCUT2D eigenvalue weighted by Gasteiger charge is -2.36. The van der Waals surface area contributed by atoms with Gasteiger partial charge in [0, 0.05) is 5.69 Å². The van der Waals surface area contributed by atoms with Crippen molar-refractivity contribution in [1.29, 1.82) is 0 Å². The second-order valence-corrected chi connectivity index (χ2v) is 6.39. The van der Waals surface area contributed by atoms with Crippen LogP contribution < -0.4 is 5.32 Å². The average molecular weight is 356 g/mol. The van der Waals surface area contributed by atoms with E-state index in [-0.39, 0.29) is 5.91 Å². The van der Waals surface area contributed by atoms with Crippen molar-refractivity contribution >= 4 is 22.6 Å². The highest BCUT2D eigenvalue weighted by Gasteiger charge is 2.34. The zero-order valence-electron chi connectivity index (χ0n) is 14.4. The number of nitrogens with zero attached hydrogens (tertiary/aromatic N) is 3. The number of rotatable bonds is 3. The summed E-state index contributed by atoms with van der Waals surface area (Å²) >= 11 is 0. The van der Waals surface area contributed by atoms with Crippen LogP contribution in [0.5, 0.6) is 0 Å². The van der Waals surface area contributed by atoms with Crippen LogP contribution in [0, 0.1) is 0 Å². The summed E-state index contributed by atoms with van der Waals surface area (Å²) in [6.07, 6.45) is 2.89. The van der Waals surface area contributed by atoms with Crippen LogP contribution >= 0.6 is 0 Å². The van der Waals surface area contributed by atoms with Crippen LogP contribution in [0.2, 0.25) is 0 Å². The van der Waals surface area contributed by atoms with Gasteiger partial charge in [-0.2, -0.15) is 0 Å². The lowest BCUT2D eigenvalue weighted by Crippen LogP contribution is -2.42. The molecule has 0 unspecified atom stereocenters. The highest BCUT2D eigenvalue weighted by Crippen LogP contribution is 2.33. The molecule has 3 heterocycles. The smallest absolute Gasteiger partial charge is 0.258 e. The molecule has 0 bridgehead atoms. The zero-order chi connectivity index (χ0) is 18.2. The highest BCUT2D eigenvalue weighted by molar-refractivity contribution is 6.01. The van der Waals surface area contributed by atoms with Gasteiger partial charge in [-0.05, 0) is 36.4 Å². The van der Waals surface area contributed by atoms with Gasteiger partial charge in [-0.25, -0.2) is 4.98 Å². The third-order valence-electron chi connectivity index (χ3n) is 4.68. The Morgan fingerprint density at radius 2 is 1.81 bits per heavy atom. The van der Waals surface area contributed by atoms with Crippen molar-refractivity contribution in [3.63, 3.8) is 0 Å². The van der Waals surface area contributed by atoms with Gasteiger partial charge in [0.25, 0.3) is 5.91 Å². The average Bonchev–Trinajstić information content (AvgIpc) is 3.23. The molecule has 1 aliphatic heterocycles. The predicted octanol–water partition coefficient (Wildman–Crippen LogP) is 3.99. The summed E-state index contributed by atoms with van der Waals surface area (Å²) in [5, 5.41) is 3.43. The second kappa shape index (κ2) is 6.25. The van der Waals surface area contributed by atoms with Crippen molar-refractivity contribution in [1.82, 2.24) is 14.9 Å². The van der Waals surface area contributed by atoms with Gasteiger partial charge in [-0.15, -0.1) is 0 Å². The lowest BCUT2D eigenvalue weighted by atomic mass is 10.1. The SMILES string of the molecule is O=C1c2ccccc2N[C@@H](c2cnc3ccccc3n2)N1Cc1ccco1. The standard InChI is InChI=1S/C21H16N4O2/c26-21-15-7-1-2-8-16(15)24-20(25(21)13-14-6-5-11-27-14)19-12-22-17-9-3-4-10-18(17)23-19/h1-12,20,24H,13H2/t20-/m1/s1. The summed E-state index contributed by atoms with van der Waals surface area (Å²) in [7, 11) is 0. The molecule has 1 aliphatic rings. The Kier molecular flexibility index (Phi) is 3.60. The molecule has 6 nitrogen and oxygen atoms in total. The molecule has 0 fully saturated rings. The number of para-hydroxylation sites is 3. The quantitative estimate of drug-likeness (QED) is 0.601.